The van der Waals surface area contributed by atoms with Gasteiger partial charge in [0.1, 0.15) is 0 Å². The van der Waals surface area contributed by atoms with E-state index in [2.05, 4.69) is 139 Å². The number of carbonyl (C=O) groups excluding carboxylic acids is 2. The number of halogens is 1. The van der Waals surface area contributed by atoms with Crippen LogP contribution in [0.15, 0.2) is 47.6 Å². The van der Waals surface area contributed by atoms with Gasteiger partial charge in [0.25, 0.3) is 0 Å². The van der Waals surface area contributed by atoms with Crippen LogP contribution >= 0.6 is 11.6 Å². The fraction of sp³-hybridized carbons (Fsp3) is 0.815. The van der Waals surface area contributed by atoms with Crippen LogP contribution < -0.4 is 11.1 Å². The third-order valence-corrected chi connectivity index (χ3v) is 26.1. The van der Waals surface area contributed by atoms with Gasteiger partial charge in [0.05, 0.1) is 0 Å². The summed E-state index contributed by atoms with van der Waals surface area (Å²) in [4.78, 5) is 21.6. The van der Waals surface area contributed by atoms with Gasteiger partial charge in [-0.2, -0.15) is 0 Å². The molecule has 10 rings (SSSR count). The Balaban J connectivity index is 0.000000240. The molecule has 18 atom stereocenters. The van der Waals surface area contributed by atoms with E-state index in [0.29, 0.717) is 62.1 Å². The molecule has 0 aromatic rings. The fourth-order valence-corrected chi connectivity index (χ4v) is 22.3. The molecule has 3 N–H and O–H groups in total. The topological polar surface area (TPSA) is 72.2 Å². The zero-order valence-corrected chi connectivity index (χ0v) is 54.3. The molecule has 0 saturated heterocycles. The Morgan fingerprint density at radius 3 is 1.36 bits per heavy atom. The van der Waals surface area contributed by atoms with Crippen LogP contribution in [0, 0.1) is 116 Å². The number of fused-ring (bicyclic) bond motifs is 14. The molecule has 4 nitrogen and oxygen atoms in total. The maximum Gasteiger partial charge on any atom is 0.218 e. The summed E-state index contributed by atoms with van der Waals surface area (Å²) in [6.45, 7) is 51.4. The van der Waals surface area contributed by atoms with E-state index < -0.39 is 0 Å². The van der Waals surface area contributed by atoms with Crippen molar-refractivity contribution in [3.05, 3.63) is 61.4 Å². The van der Waals surface area contributed by atoms with E-state index in [-0.39, 0.29) is 106 Å². The van der Waals surface area contributed by atoms with E-state index >= 15 is 0 Å². The Bertz CT molecular complexity index is 2160. The fourth-order valence-electron chi connectivity index (χ4n) is 22.3. The van der Waals surface area contributed by atoms with Crippen LogP contribution in [-0.4, -0.2) is 22.2 Å². The quantitative estimate of drug-likeness (QED) is 0.168. The number of amides is 1. The molecular formula is C65H105ClN2O2Y2-2. The second-order valence-electron chi connectivity index (χ2n) is 29.2. The maximum absolute atomic E-state index is 12.4. The van der Waals surface area contributed by atoms with Gasteiger partial charge in [0.2, 0.25) is 11.1 Å². The molecule has 402 valence electrons. The normalized spacial score (nSPS) is 48.4. The van der Waals surface area contributed by atoms with Crippen LogP contribution in [0.4, 0.5) is 0 Å². The van der Waals surface area contributed by atoms with Gasteiger partial charge < -0.3 is 11.1 Å². The average molecular weight is 1160 g/mol. The van der Waals surface area contributed by atoms with Crippen molar-refractivity contribution in [1.29, 1.82) is 0 Å². The van der Waals surface area contributed by atoms with Crippen molar-refractivity contribution in [2.45, 2.75) is 231 Å². The van der Waals surface area contributed by atoms with Crippen molar-refractivity contribution in [3.63, 3.8) is 0 Å². The van der Waals surface area contributed by atoms with E-state index in [0.717, 1.165) is 42.4 Å². The second-order valence-corrected chi connectivity index (χ2v) is 29.8. The third kappa shape index (κ3) is 9.22. The predicted molar refractivity (Wildman–Crippen MR) is 297 cm³/mol. The molecule has 1 amide bonds. The largest absolute Gasteiger partial charge is 0.351 e. The molecule has 0 aliphatic heterocycles. The molecule has 0 bridgehead atoms. The summed E-state index contributed by atoms with van der Waals surface area (Å²) in [6, 6.07) is 0. The van der Waals surface area contributed by atoms with Crippen LogP contribution in [0.5, 0.6) is 0 Å². The Hall–Kier alpha value is 0.298. The standard InChI is InChI=1S/C32H50NO.C30H48N.C2H3ClO.CH4.2Y/c1-20(2)23-13-17-32(33-22(4)34)19-18-30(8)24(27(23)32)10-11-26-29(7)15-12-21(3)28(5,6)25(29)14-16-31(26,30)9;1-19(2)21-12-16-30(31)18-17-28(7)22(25(21)30)9-10-24-27(6)14-11-20(3)26(4,5)23(27)13-15-29(24,28)8;1-2(3)4;;;/h12,23-27H,1,3,10-11,13-19H2,2,4-9H3,(H,33,34);11,21-25H,1,3,9-10,12-18,31H2,2,4-8H3;1H3;1H4;;/q2*-1;;;;/t23-,24+,25-,26+,27+,29-,30+,31+,32-;21-,22+,23-,24+,25+,27-,28+,29+,30-;;;;/m00..../s1. The first-order valence-electron chi connectivity index (χ1n) is 28.4. The van der Waals surface area contributed by atoms with Crippen LogP contribution in [0.25, 0.3) is 0 Å². The minimum absolute atomic E-state index is 0. The smallest absolute Gasteiger partial charge is 0.218 e. The Morgan fingerprint density at radius 1 is 0.556 bits per heavy atom. The molecule has 8 saturated carbocycles. The minimum Gasteiger partial charge on any atom is -0.351 e. The van der Waals surface area contributed by atoms with Gasteiger partial charge in [0, 0.05) is 90.3 Å². The van der Waals surface area contributed by atoms with Gasteiger partial charge in [0.15, 0.2) is 0 Å². The average Bonchev–Trinajstić information content (AvgIpc) is 3.80. The molecular weight excluding hydrogens is 1050 g/mol. The van der Waals surface area contributed by atoms with E-state index in [1.807, 2.05) is 0 Å². The number of allylic oxidation sites excluding steroid dienone is 6. The molecule has 0 heterocycles. The Labute approximate surface area is 499 Å². The Kier molecular flexibility index (Phi) is 18.5. The van der Waals surface area contributed by atoms with Crippen LogP contribution in [0.2, 0.25) is 0 Å². The monoisotopic (exact) mass is 1160 g/mol. The van der Waals surface area contributed by atoms with E-state index in [1.54, 1.807) is 6.92 Å². The molecule has 0 aromatic heterocycles. The van der Waals surface area contributed by atoms with Crippen molar-refractivity contribution in [1.82, 2.24) is 5.32 Å². The van der Waals surface area contributed by atoms with Gasteiger partial charge in [-0.15, -0.1) is 0 Å². The summed E-state index contributed by atoms with van der Waals surface area (Å²) in [5, 5.41) is 3.19. The molecule has 72 heavy (non-hydrogen) atoms. The summed E-state index contributed by atoms with van der Waals surface area (Å²) in [7, 11) is 0. The van der Waals surface area contributed by atoms with Gasteiger partial charge in [-0.3, -0.25) is 9.59 Å². The predicted octanol–water partition coefficient (Wildman–Crippen LogP) is 17.0. The molecule has 10 aliphatic carbocycles. The summed E-state index contributed by atoms with van der Waals surface area (Å²) >= 11 is 4.64. The molecule has 7 heteroatoms. The number of nitrogens with two attached hydrogens (primary N) is 1. The van der Waals surface area contributed by atoms with E-state index in [9.17, 15) is 9.59 Å². The Morgan fingerprint density at radius 2 is 0.944 bits per heavy atom. The van der Waals surface area contributed by atoms with Crippen LogP contribution in [0.1, 0.15) is 220 Å². The van der Waals surface area contributed by atoms with Gasteiger partial charge in [-0.05, 0) is 231 Å². The first kappa shape index (κ1) is 63.1. The maximum atomic E-state index is 12.4. The van der Waals surface area contributed by atoms with Crippen LogP contribution in [-0.2, 0) is 75.0 Å². The van der Waals surface area contributed by atoms with Crippen molar-refractivity contribution in [2.24, 2.45) is 108 Å². The SMILES string of the molecule is C.C=C(C)[C@@H]1CC[C@]2(N)CC[C@]3(C)[C@H](CC[C@@H]4[C@@]5(C)CC=C([CH2-])C(C)(C)[C@@H]5CC[C@]43C)[C@@H]12.C=C(C)[C@@H]1CC[C@]2(NC(C)=O)CC[C@]3(C)[C@H](CC[C@@H]4[C@@]5(C)CC=C([CH2-])C(C)(C)[C@@H]5CC[C@]43C)[C@@H]12.CC(=O)Cl.[Y].[Y]. The summed E-state index contributed by atoms with van der Waals surface area (Å²) in [5.74, 6) is 7.08. The summed E-state index contributed by atoms with van der Waals surface area (Å²) in [6.07, 6.45) is 28.1. The van der Waals surface area contributed by atoms with Gasteiger partial charge in [-0.25, -0.2) is 37.1 Å². The van der Waals surface area contributed by atoms with Crippen LogP contribution in [0.3, 0.4) is 0 Å². The molecule has 0 unspecified atom stereocenters. The summed E-state index contributed by atoms with van der Waals surface area (Å²) in [5.41, 5.74) is 15.5. The van der Waals surface area contributed by atoms with Crippen molar-refractivity contribution >= 4 is 22.8 Å². The van der Waals surface area contributed by atoms with Crippen molar-refractivity contribution in [3.8, 4) is 0 Å². The minimum atomic E-state index is -0.361. The number of nitrogens with one attached hydrogen (secondary N) is 1. The third-order valence-electron chi connectivity index (χ3n) is 26.1. The molecule has 0 aromatic carbocycles. The first-order valence-corrected chi connectivity index (χ1v) is 28.7. The molecule has 2 radical (unpaired) electrons. The number of rotatable bonds is 3. The number of carbonyl (C=O) groups is 2. The first-order chi connectivity index (χ1) is 31.8. The van der Waals surface area contributed by atoms with Gasteiger partial charge >= 0.3 is 0 Å². The van der Waals surface area contributed by atoms with E-state index in [4.69, 9.17) is 5.73 Å². The number of hydrogen-bond acceptors (Lipinski definition) is 3. The van der Waals surface area contributed by atoms with Crippen molar-refractivity contribution in [2.75, 3.05) is 0 Å². The zero-order chi connectivity index (χ0) is 51.1. The second kappa shape index (κ2) is 21.1. The molecule has 8 fully saturated rings. The van der Waals surface area contributed by atoms with E-state index in [1.165, 1.54) is 132 Å². The summed E-state index contributed by atoms with van der Waals surface area (Å²) < 4.78 is 0. The molecule has 10 aliphatic rings. The number of hydrogen-bond donors (Lipinski definition) is 2. The molecule has 0 spiro atoms. The van der Waals surface area contributed by atoms with Crippen molar-refractivity contribution < 1.29 is 75.0 Å². The van der Waals surface area contributed by atoms with Gasteiger partial charge in [-0.1, -0.05) is 114 Å². The zero-order valence-electron chi connectivity index (χ0n) is 47.9.